The Morgan fingerprint density at radius 3 is 2.88 bits per heavy atom. The maximum absolute atomic E-state index is 6.11. The van der Waals surface area contributed by atoms with Crippen LogP contribution in [0.1, 0.15) is 13.3 Å². The Balaban J connectivity index is 2.87. The highest BCUT2D eigenvalue weighted by Crippen LogP contribution is 2.26. The van der Waals surface area contributed by atoms with Gasteiger partial charge in [0.25, 0.3) is 0 Å². The predicted molar refractivity (Wildman–Crippen MR) is 76.2 cm³/mol. The molecule has 16 heavy (non-hydrogen) atoms. The van der Waals surface area contributed by atoms with E-state index in [-0.39, 0.29) is 6.04 Å². The summed E-state index contributed by atoms with van der Waals surface area (Å²) in [4.78, 5) is 6.73. The summed E-state index contributed by atoms with van der Waals surface area (Å²) >= 11 is 14.3. The summed E-state index contributed by atoms with van der Waals surface area (Å²) in [5.41, 5.74) is 5.52. The fraction of sp³-hybridized carbons (Fsp3) is 0.400. The molecule has 0 bridgehead atoms. The Morgan fingerprint density at radius 2 is 2.38 bits per heavy atom. The van der Waals surface area contributed by atoms with E-state index in [4.69, 9.17) is 29.6 Å². The lowest BCUT2D eigenvalue weighted by molar-refractivity contribution is 0.705. The summed E-state index contributed by atoms with van der Waals surface area (Å²) < 4.78 is 0.858. The van der Waals surface area contributed by atoms with Crippen molar-refractivity contribution in [3.8, 4) is 0 Å². The number of nitrogens with two attached hydrogens (primary N) is 1. The molecule has 0 saturated heterocycles. The van der Waals surface area contributed by atoms with Crippen molar-refractivity contribution in [2.75, 3.05) is 11.9 Å². The molecule has 0 spiro atoms. The van der Waals surface area contributed by atoms with Crippen molar-refractivity contribution in [3.63, 3.8) is 0 Å². The zero-order chi connectivity index (χ0) is 12.3. The molecule has 1 aromatic rings. The molecule has 1 unspecified atom stereocenters. The molecule has 2 N–H and O–H groups in total. The van der Waals surface area contributed by atoms with Crippen LogP contribution in [0.2, 0.25) is 5.02 Å². The summed E-state index contributed by atoms with van der Waals surface area (Å²) in [6, 6.07) is 1.98. The van der Waals surface area contributed by atoms with Crippen LogP contribution in [0.25, 0.3) is 0 Å². The summed E-state index contributed by atoms with van der Waals surface area (Å²) in [7, 11) is 1.92. The van der Waals surface area contributed by atoms with Crippen LogP contribution >= 0.6 is 39.7 Å². The molecule has 0 radical (unpaired) electrons. The van der Waals surface area contributed by atoms with Gasteiger partial charge in [-0.05, 0) is 28.9 Å². The van der Waals surface area contributed by atoms with Crippen molar-refractivity contribution in [1.29, 1.82) is 0 Å². The van der Waals surface area contributed by atoms with Crippen LogP contribution in [-0.2, 0) is 0 Å². The largest absolute Gasteiger partial charge is 0.393 e. The molecule has 0 saturated carbocycles. The molecular formula is C10H13BrClN3S. The molecule has 0 fully saturated rings. The third-order valence-electron chi connectivity index (χ3n) is 2.28. The number of hydrogen-bond donors (Lipinski definition) is 1. The van der Waals surface area contributed by atoms with Crippen molar-refractivity contribution in [1.82, 2.24) is 4.98 Å². The lowest BCUT2D eigenvalue weighted by Gasteiger charge is -2.26. The van der Waals surface area contributed by atoms with Gasteiger partial charge in [0, 0.05) is 30.2 Å². The van der Waals surface area contributed by atoms with E-state index in [1.165, 1.54) is 0 Å². The summed E-state index contributed by atoms with van der Waals surface area (Å²) in [6.45, 7) is 2.03. The van der Waals surface area contributed by atoms with E-state index in [1.54, 1.807) is 6.20 Å². The van der Waals surface area contributed by atoms with E-state index in [2.05, 4.69) is 20.9 Å². The van der Waals surface area contributed by atoms with Gasteiger partial charge in [0.1, 0.15) is 5.82 Å². The molecular weight excluding hydrogens is 310 g/mol. The van der Waals surface area contributed by atoms with Gasteiger partial charge >= 0.3 is 0 Å². The van der Waals surface area contributed by atoms with Gasteiger partial charge in [0.15, 0.2) is 0 Å². The number of rotatable bonds is 4. The highest BCUT2D eigenvalue weighted by molar-refractivity contribution is 9.10. The zero-order valence-corrected chi connectivity index (χ0v) is 12.2. The van der Waals surface area contributed by atoms with E-state index >= 15 is 0 Å². The third-order valence-corrected chi connectivity index (χ3v) is 3.16. The Kier molecular flexibility index (Phi) is 4.95. The van der Waals surface area contributed by atoms with E-state index < -0.39 is 0 Å². The number of aromatic nitrogens is 1. The first-order valence-electron chi connectivity index (χ1n) is 4.74. The molecule has 0 aliphatic rings. The van der Waals surface area contributed by atoms with Crippen LogP contribution in [0, 0.1) is 0 Å². The molecule has 0 aromatic carbocycles. The minimum Gasteiger partial charge on any atom is -0.393 e. The third kappa shape index (κ3) is 3.57. The van der Waals surface area contributed by atoms with Crippen molar-refractivity contribution in [2.45, 2.75) is 19.4 Å². The second-order valence-corrected chi connectivity index (χ2v) is 5.44. The molecule has 1 atom stereocenters. The van der Waals surface area contributed by atoms with Crippen molar-refractivity contribution >= 4 is 50.6 Å². The number of halogens is 2. The topological polar surface area (TPSA) is 42.1 Å². The zero-order valence-electron chi connectivity index (χ0n) is 9.08. The van der Waals surface area contributed by atoms with Gasteiger partial charge in [0.05, 0.1) is 10.0 Å². The van der Waals surface area contributed by atoms with Crippen LogP contribution in [-0.4, -0.2) is 23.1 Å². The summed E-state index contributed by atoms with van der Waals surface area (Å²) in [5.74, 6) is 0.730. The molecule has 1 heterocycles. The van der Waals surface area contributed by atoms with Crippen LogP contribution in [0.5, 0.6) is 0 Å². The van der Waals surface area contributed by atoms with Crippen LogP contribution < -0.4 is 10.6 Å². The summed E-state index contributed by atoms with van der Waals surface area (Å²) in [6.07, 6.45) is 2.35. The number of anilines is 1. The Hall–Kier alpha value is -0.390. The molecule has 0 amide bonds. The van der Waals surface area contributed by atoms with Gasteiger partial charge in [-0.1, -0.05) is 23.8 Å². The predicted octanol–water partition coefficient (Wildman–Crippen LogP) is 3.00. The molecule has 6 heteroatoms. The first-order valence-corrected chi connectivity index (χ1v) is 6.32. The average molecular weight is 323 g/mol. The van der Waals surface area contributed by atoms with Gasteiger partial charge in [-0.25, -0.2) is 4.98 Å². The van der Waals surface area contributed by atoms with E-state index in [1.807, 2.05) is 24.9 Å². The lowest BCUT2D eigenvalue weighted by atomic mass is 10.2. The maximum Gasteiger partial charge on any atom is 0.147 e. The standard InChI is InChI=1S/C10H13BrClN3S/c1-6(3-9(13)16)15(2)10-8(12)4-7(11)5-14-10/h4-6H,3H2,1-2H3,(H2,13,16). The normalized spacial score (nSPS) is 12.2. The number of nitrogens with zero attached hydrogens (tertiary/aromatic N) is 2. The van der Waals surface area contributed by atoms with Crippen molar-refractivity contribution in [2.24, 2.45) is 5.73 Å². The number of thiocarbonyl (C=S) groups is 1. The molecule has 3 nitrogen and oxygen atoms in total. The lowest BCUT2D eigenvalue weighted by Crippen LogP contribution is -2.33. The minimum atomic E-state index is 0.170. The van der Waals surface area contributed by atoms with E-state index in [0.29, 0.717) is 16.4 Å². The molecule has 0 aliphatic carbocycles. The average Bonchev–Trinajstić information content (AvgIpc) is 2.15. The second-order valence-electron chi connectivity index (χ2n) is 3.59. The highest BCUT2D eigenvalue weighted by Gasteiger charge is 2.15. The van der Waals surface area contributed by atoms with Gasteiger partial charge < -0.3 is 10.6 Å². The van der Waals surface area contributed by atoms with Crippen molar-refractivity contribution < 1.29 is 0 Å². The van der Waals surface area contributed by atoms with Crippen LogP contribution in [0.15, 0.2) is 16.7 Å². The van der Waals surface area contributed by atoms with Gasteiger partial charge in [-0.3, -0.25) is 0 Å². The molecule has 88 valence electrons. The molecule has 1 rings (SSSR count). The van der Waals surface area contributed by atoms with E-state index in [9.17, 15) is 0 Å². The van der Waals surface area contributed by atoms with Gasteiger partial charge in [-0.2, -0.15) is 0 Å². The first kappa shape index (κ1) is 13.7. The van der Waals surface area contributed by atoms with E-state index in [0.717, 1.165) is 10.3 Å². The monoisotopic (exact) mass is 321 g/mol. The fourth-order valence-electron chi connectivity index (χ4n) is 1.30. The first-order chi connectivity index (χ1) is 7.41. The van der Waals surface area contributed by atoms with Gasteiger partial charge in [-0.15, -0.1) is 0 Å². The molecule has 1 aromatic heterocycles. The smallest absolute Gasteiger partial charge is 0.147 e. The Bertz CT molecular complexity index is 400. The van der Waals surface area contributed by atoms with Crippen molar-refractivity contribution in [3.05, 3.63) is 21.8 Å². The maximum atomic E-state index is 6.11. The highest BCUT2D eigenvalue weighted by atomic mass is 79.9. The summed E-state index contributed by atoms with van der Waals surface area (Å²) in [5, 5.41) is 0.603. The minimum absolute atomic E-state index is 0.170. The Labute approximate surface area is 114 Å². The quantitative estimate of drug-likeness (QED) is 0.865. The Morgan fingerprint density at radius 1 is 1.75 bits per heavy atom. The number of pyridine rings is 1. The van der Waals surface area contributed by atoms with Crippen LogP contribution in [0.3, 0.4) is 0 Å². The molecule has 0 aliphatic heterocycles. The SMILES string of the molecule is CC(CC(N)=S)N(C)c1ncc(Br)cc1Cl. The second kappa shape index (κ2) is 5.80. The number of hydrogen-bond acceptors (Lipinski definition) is 3. The van der Waals surface area contributed by atoms with Gasteiger partial charge in [0.2, 0.25) is 0 Å². The van der Waals surface area contributed by atoms with Crippen LogP contribution in [0.4, 0.5) is 5.82 Å². The fourth-order valence-corrected chi connectivity index (χ4v) is 2.31.